The van der Waals surface area contributed by atoms with E-state index in [0.29, 0.717) is 26.1 Å². The third-order valence-electron chi connectivity index (χ3n) is 2.26. The van der Waals surface area contributed by atoms with Gasteiger partial charge in [0, 0.05) is 25.2 Å². The molecule has 0 aromatic carbocycles. The van der Waals surface area contributed by atoms with Gasteiger partial charge in [0.15, 0.2) is 0 Å². The van der Waals surface area contributed by atoms with Gasteiger partial charge in [-0.3, -0.25) is 9.69 Å². The van der Waals surface area contributed by atoms with Crippen molar-refractivity contribution in [3.8, 4) is 0 Å². The van der Waals surface area contributed by atoms with Crippen LogP contribution in [0.25, 0.3) is 0 Å². The highest BCUT2D eigenvalue weighted by Gasteiger charge is 2.40. The molecule has 1 saturated heterocycles. The van der Waals surface area contributed by atoms with Crippen molar-refractivity contribution in [2.75, 3.05) is 19.6 Å². The number of carboxylic acids is 1. The zero-order valence-electron chi connectivity index (χ0n) is 7.24. The van der Waals surface area contributed by atoms with E-state index in [4.69, 9.17) is 22.4 Å². The minimum Gasteiger partial charge on any atom is -0.480 e. The first-order valence-corrected chi connectivity index (χ1v) is 4.52. The lowest BCUT2D eigenvalue weighted by Crippen LogP contribution is -2.50. The lowest BCUT2D eigenvalue weighted by atomic mass is 10.0. The zero-order valence-corrected chi connectivity index (χ0v) is 8.00. The standard InChI is InChI=1S/C8H13ClN2O2/c9-3-1-4-11-5-2-8(10,6-11)7(12)13/h1,3H,2,4-6,10H2,(H,12,13)/b3-1+. The van der Waals surface area contributed by atoms with Crippen LogP contribution >= 0.6 is 11.6 Å². The summed E-state index contributed by atoms with van der Waals surface area (Å²) in [5.41, 5.74) is 6.02. The van der Waals surface area contributed by atoms with Gasteiger partial charge >= 0.3 is 5.97 Å². The van der Waals surface area contributed by atoms with Crippen LogP contribution in [0, 0.1) is 0 Å². The smallest absolute Gasteiger partial charge is 0.325 e. The number of nitrogens with two attached hydrogens (primary N) is 1. The van der Waals surface area contributed by atoms with Crippen molar-refractivity contribution in [2.45, 2.75) is 12.0 Å². The molecule has 0 radical (unpaired) electrons. The first-order chi connectivity index (χ1) is 6.08. The number of likely N-dealkylation sites (tertiary alicyclic amines) is 1. The van der Waals surface area contributed by atoms with Crippen LogP contribution in [-0.2, 0) is 4.79 Å². The molecule has 1 aliphatic heterocycles. The molecule has 1 unspecified atom stereocenters. The molecule has 1 aliphatic rings. The van der Waals surface area contributed by atoms with Crippen molar-refractivity contribution in [2.24, 2.45) is 5.73 Å². The molecular formula is C8H13ClN2O2. The first-order valence-electron chi connectivity index (χ1n) is 4.08. The van der Waals surface area contributed by atoms with Crippen LogP contribution in [-0.4, -0.2) is 41.1 Å². The highest BCUT2D eigenvalue weighted by atomic mass is 35.5. The Kier molecular flexibility index (Phi) is 3.30. The van der Waals surface area contributed by atoms with Crippen molar-refractivity contribution in [3.63, 3.8) is 0 Å². The number of aliphatic carboxylic acids is 1. The monoisotopic (exact) mass is 204 g/mol. The quantitative estimate of drug-likeness (QED) is 0.691. The largest absolute Gasteiger partial charge is 0.480 e. The minimum absolute atomic E-state index is 0.392. The molecule has 1 atom stereocenters. The molecule has 0 saturated carbocycles. The molecule has 0 aromatic heterocycles. The molecule has 1 heterocycles. The van der Waals surface area contributed by atoms with E-state index in [1.807, 2.05) is 4.90 Å². The molecule has 1 rings (SSSR count). The normalized spacial score (nSPS) is 30.0. The van der Waals surface area contributed by atoms with Crippen LogP contribution in [0.1, 0.15) is 6.42 Å². The number of carbonyl (C=O) groups is 1. The van der Waals surface area contributed by atoms with Crippen molar-refractivity contribution in [1.29, 1.82) is 0 Å². The Morgan fingerprint density at radius 2 is 2.46 bits per heavy atom. The van der Waals surface area contributed by atoms with Gasteiger partial charge in [0.1, 0.15) is 5.54 Å². The fourth-order valence-corrected chi connectivity index (χ4v) is 1.51. The van der Waals surface area contributed by atoms with Crippen LogP contribution in [0.3, 0.4) is 0 Å². The topological polar surface area (TPSA) is 66.6 Å². The van der Waals surface area contributed by atoms with Gasteiger partial charge in [-0.1, -0.05) is 17.7 Å². The molecule has 0 amide bonds. The fraction of sp³-hybridized carbons (Fsp3) is 0.625. The first kappa shape index (κ1) is 10.5. The Balaban J connectivity index is 2.48. The Morgan fingerprint density at radius 3 is 2.92 bits per heavy atom. The van der Waals surface area contributed by atoms with Crippen LogP contribution in [0.5, 0.6) is 0 Å². The predicted octanol–water partition coefficient (Wildman–Crippen LogP) is 0.227. The molecule has 0 aliphatic carbocycles. The highest BCUT2D eigenvalue weighted by Crippen LogP contribution is 2.18. The number of rotatable bonds is 3. The zero-order chi connectivity index (χ0) is 9.90. The molecule has 0 aromatic rings. The summed E-state index contributed by atoms with van der Waals surface area (Å²) in [4.78, 5) is 12.7. The molecule has 74 valence electrons. The SMILES string of the molecule is NC1(C(=O)O)CCN(C/C=C/Cl)C1. The summed E-state index contributed by atoms with van der Waals surface area (Å²) in [6, 6.07) is 0. The van der Waals surface area contributed by atoms with Crippen LogP contribution in [0.15, 0.2) is 11.6 Å². The maximum atomic E-state index is 10.7. The average molecular weight is 205 g/mol. The average Bonchev–Trinajstić information content (AvgIpc) is 2.45. The molecule has 0 spiro atoms. The van der Waals surface area contributed by atoms with Crippen LogP contribution in [0.2, 0.25) is 0 Å². The summed E-state index contributed by atoms with van der Waals surface area (Å²) in [7, 11) is 0. The summed E-state index contributed by atoms with van der Waals surface area (Å²) in [6.07, 6.45) is 2.27. The number of hydrogen-bond acceptors (Lipinski definition) is 3. The predicted molar refractivity (Wildman–Crippen MR) is 50.6 cm³/mol. The lowest BCUT2D eigenvalue weighted by molar-refractivity contribution is -0.142. The van der Waals surface area contributed by atoms with E-state index < -0.39 is 11.5 Å². The second kappa shape index (κ2) is 4.09. The molecule has 5 heteroatoms. The summed E-state index contributed by atoms with van der Waals surface area (Å²) in [5.74, 6) is -0.926. The van der Waals surface area contributed by atoms with Gasteiger partial charge in [-0.25, -0.2) is 0 Å². The summed E-state index contributed by atoms with van der Waals surface area (Å²) in [5, 5.41) is 8.82. The van der Waals surface area contributed by atoms with Crippen LogP contribution < -0.4 is 5.73 Å². The van der Waals surface area contributed by atoms with Gasteiger partial charge in [-0.15, -0.1) is 0 Å². The van der Waals surface area contributed by atoms with E-state index in [2.05, 4.69) is 0 Å². The Bertz CT molecular complexity index is 232. The third kappa shape index (κ3) is 2.43. The van der Waals surface area contributed by atoms with Crippen molar-refractivity contribution in [1.82, 2.24) is 4.90 Å². The van der Waals surface area contributed by atoms with Gasteiger partial charge in [0.25, 0.3) is 0 Å². The summed E-state index contributed by atoms with van der Waals surface area (Å²) < 4.78 is 0. The molecule has 0 bridgehead atoms. The van der Waals surface area contributed by atoms with Crippen LogP contribution in [0.4, 0.5) is 0 Å². The van der Waals surface area contributed by atoms with Crippen molar-refractivity contribution in [3.05, 3.63) is 11.6 Å². The second-order valence-corrected chi connectivity index (χ2v) is 3.56. The van der Waals surface area contributed by atoms with E-state index in [0.717, 1.165) is 0 Å². The summed E-state index contributed by atoms with van der Waals surface area (Å²) in [6.45, 7) is 1.77. The molecule has 4 nitrogen and oxygen atoms in total. The molecule has 1 fully saturated rings. The number of halogens is 1. The van der Waals surface area contributed by atoms with E-state index in [1.165, 1.54) is 5.54 Å². The maximum Gasteiger partial charge on any atom is 0.325 e. The lowest BCUT2D eigenvalue weighted by Gasteiger charge is -2.18. The van der Waals surface area contributed by atoms with Gasteiger partial charge in [0.2, 0.25) is 0 Å². The van der Waals surface area contributed by atoms with Crippen molar-refractivity contribution < 1.29 is 9.90 Å². The van der Waals surface area contributed by atoms with E-state index in [9.17, 15) is 4.79 Å². The Labute approximate surface area is 82.0 Å². The fourth-order valence-electron chi connectivity index (χ4n) is 1.43. The Hall–Kier alpha value is -0.580. The second-order valence-electron chi connectivity index (χ2n) is 3.31. The van der Waals surface area contributed by atoms with Gasteiger partial charge < -0.3 is 10.8 Å². The Morgan fingerprint density at radius 1 is 1.77 bits per heavy atom. The van der Waals surface area contributed by atoms with E-state index in [1.54, 1.807) is 6.08 Å². The van der Waals surface area contributed by atoms with Gasteiger partial charge in [0.05, 0.1) is 0 Å². The molecule has 13 heavy (non-hydrogen) atoms. The van der Waals surface area contributed by atoms with Gasteiger partial charge in [-0.2, -0.15) is 0 Å². The molecular weight excluding hydrogens is 192 g/mol. The summed E-state index contributed by atoms with van der Waals surface area (Å²) >= 11 is 5.36. The number of carboxylic acid groups (broad SMARTS) is 1. The molecule has 3 N–H and O–H groups in total. The van der Waals surface area contributed by atoms with E-state index in [-0.39, 0.29) is 0 Å². The highest BCUT2D eigenvalue weighted by molar-refractivity contribution is 6.25. The third-order valence-corrected chi connectivity index (χ3v) is 2.44. The van der Waals surface area contributed by atoms with Gasteiger partial charge in [-0.05, 0) is 6.42 Å². The minimum atomic E-state index is -1.07. The number of hydrogen-bond donors (Lipinski definition) is 2. The number of nitrogens with zero attached hydrogens (tertiary/aromatic N) is 1. The van der Waals surface area contributed by atoms with Crippen molar-refractivity contribution >= 4 is 17.6 Å². The maximum absolute atomic E-state index is 10.7. The van der Waals surface area contributed by atoms with E-state index >= 15 is 0 Å².